The predicted octanol–water partition coefficient (Wildman–Crippen LogP) is 6.46. The van der Waals surface area contributed by atoms with Gasteiger partial charge in [0.1, 0.15) is 5.75 Å². The number of thiophene rings is 1. The van der Waals surface area contributed by atoms with Crippen LogP contribution in [-0.2, 0) is 0 Å². The molecule has 4 aromatic rings. The first kappa shape index (κ1) is 15.4. The van der Waals surface area contributed by atoms with Gasteiger partial charge in [0.05, 0.1) is 20.8 Å². The zero-order valence-electron chi connectivity index (χ0n) is 12.2. The molecule has 0 aliphatic heterocycles. The van der Waals surface area contributed by atoms with Crippen LogP contribution in [0.2, 0.25) is 10.0 Å². The van der Waals surface area contributed by atoms with Gasteiger partial charge in [-0.2, -0.15) is 4.98 Å². The van der Waals surface area contributed by atoms with Gasteiger partial charge >= 0.3 is 0 Å². The monoisotopic (exact) mass is 372 g/mol. The molecule has 0 spiro atoms. The minimum atomic E-state index is 0.452. The molecule has 0 saturated heterocycles. The molecule has 118 valence electrons. The van der Waals surface area contributed by atoms with E-state index in [9.17, 15) is 0 Å². The second-order valence-electron chi connectivity index (χ2n) is 5.02. The summed E-state index contributed by atoms with van der Waals surface area (Å²) in [5, 5.41) is 3.82. The number of fused-ring (bicyclic) bond motifs is 1. The average Bonchev–Trinajstić information content (AvgIpc) is 3.13. The number of ether oxygens (including phenoxy) is 1. The number of benzene rings is 2. The lowest BCUT2D eigenvalue weighted by Crippen LogP contribution is -1.95. The molecule has 0 atom stereocenters. The number of aromatic nitrogens is 2. The van der Waals surface area contributed by atoms with Crippen LogP contribution in [0.3, 0.4) is 0 Å². The number of halogens is 2. The van der Waals surface area contributed by atoms with Gasteiger partial charge in [0.25, 0.3) is 0 Å². The minimum Gasteiger partial charge on any atom is -0.437 e. The third-order valence-corrected chi connectivity index (χ3v) is 4.82. The molecule has 0 radical (unpaired) electrons. The summed E-state index contributed by atoms with van der Waals surface area (Å²) in [6, 6.07) is 16.7. The Labute approximate surface area is 152 Å². The third kappa shape index (κ3) is 2.96. The summed E-state index contributed by atoms with van der Waals surface area (Å²) in [6.45, 7) is 0. The molecule has 0 N–H and O–H groups in total. The molecule has 0 saturated carbocycles. The number of rotatable bonds is 3. The van der Waals surface area contributed by atoms with Crippen molar-refractivity contribution in [2.24, 2.45) is 0 Å². The van der Waals surface area contributed by atoms with Crippen LogP contribution < -0.4 is 4.74 Å². The van der Waals surface area contributed by atoms with E-state index in [2.05, 4.69) is 9.97 Å². The Hall–Kier alpha value is -2.14. The maximum absolute atomic E-state index is 6.21. The first-order chi connectivity index (χ1) is 11.7. The molecule has 6 heteroatoms. The number of para-hydroxylation sites is 1. The maximum atomic E-state index is 6.21. The van der Waals surface area contributed by atoms with Crippen molar-refractivity contribution in [3.63, 3.8) is 0 Å². The zero-order valence-corrected chi connectivity index (χ0v) is 14.6. The van der Waals surface area contributed by atoms with E-state index in [-0.39, 0.29) is 0 Å². The second-order valence-corrected chi connectivity index (χ2v) is 6.81. The van der Waals surface area contributed by atoms with Crippen LogP contribution in [0.15, 0.2) is 60.0 Å². The summed E-state index contributed by atoms with van der Waals surface area (Å²) in [5.41, 5.74) is 0.809. The Kier molecular flexibility index (Phi) is 4.10. The number of hydrogen-bond donors (Lipinski definition) is 0. The predicted molar refractivity (Wildman–Crippen MR) is 99.4 cm³/mol. The molecular formula is C18H10Cl2N2OS. The molecular weight excluding hydrogens is 363 g/mol. The van der Waals surface area contributed by atoms with Crippen molar-refractivity contribution in [3.8, 4) is 22.3 Å². The van der Waals surface area contributed by atoms with E-state index in [0.717, 1.165) is 15.8 Å². The van der Waals surface area contributed by atoms with Gasteiger partial charge in [-0.15, -0.1) is 11.3 Å². The highest BCUT2D eigenvalue weighted by molar-refractivity contribution is 7.13. The quantitative estimate of drug-likeness (QED) is 0.414. The zero-order chi connectivity index (χ0) is 16.5. The van der Waals surface area contributed by atoms with Gasteiger partial charge in [0, 0.05) is 11.1 Å². The van der Waals surface area contributed by atoms with Crippen LogP contribution in [0.5, 0.6) is 11.6 Å². The van der Waals surface area contributed by atoms with E-state index in [4.69, 9.17) is 27.9 Å². The fraction of sp³-hybridized carbons (Fsp3) is 0. The van der Waals surface area contributed by atoms with Crippen LogP contribution in [0.25, 0.3) is 21.6 Å². The third-order valence-electron chi connectivity index (χ3n) is 3.41. The maximum Gasteiger partial charge on any atom is 0.230 e. The van der Waals surface area contributed by atoms with Gasteiger partial charge in [-0.1, -0.05) is 41.4 Å². The van der Waals surface area contributed by atoms with Crippen molar-refractivity contribution in [2.45, 2.75) is 0 Å². The first-order valence-corrected chi connectivity index (χ1v) is 8.78. The highest BCUT2D eigenvalue weighted by Gasteiger charge is 2.13. The van der Waals surface area contributed by atoms with Crippen molar-refractivity contribution in [2.75, 3.05) is 0 Å². The highest BCUT2D eigenvalue weighted by atomic mass is 35.5. The molecule has 4 rings (SSSR count). The van der Waals surface area contributed by atoms with Crippen LogP contribution in [-0.4, -0.2) is 9.97 Å². The Balaban J connectivity index is 1.88. The van der Waals surface area contributed by atoms with E-state index in [1.165, 1.54) is 0 Å². The van der Waals surface area contributed by atoms with E-state index in [1.54, 1.807) is 29.5 Å². The normalized spacial score (nSPS) is 10.9. The largest absolute Gasteiger partial charge is 0.437 e. The smallest absolute Gasteiger partial charge is 0.230 e. The van der Waals surface area contributed by atoms with E-state index in [0.29, 0.717) is 27.5 Å². The summed E-state index contributed by atoms with van der Waals surface area (Å²) in [6.07, 6.45) is 0. The van der Waals surface area contributed by atoms with E-state index < -0.39 is 0 Å². The molecule has 0 aliphatic rings. The average molecular weight is 373 g/mol. The van der Waals surface area contributed by atoms with Crippen molar-refractivity contribution in [3.05, 3.63) is 70.0 Å². The molecule has 3 nitrogen and oxygen atoms in total. The van der Waals surface area contributed by atoms with Crippen LogP contribution in [0, 0.1) is 0 Å². The van der Waals surface area contributed by atoms with Gasteiger partial charge in [0.15, 0.2) is 5.82 Å². The lowest BCUT2D eigenvalue weighted by molar-refractivity contribution is 0.469. The summed E-state index contributed by atoms with van der Waals surface area (Å²) in [7, 11) is 0. The van der Waals surface area contributed by atoms with Gasteiger partial charge in [-0.05, 0) is 35.7 Å². The van der Waals surface area contributed by atoms with Crippen LogP contribution >= 0.6 is 34.5 Å². The molecule has 0 unspecified atom stereocenters. The summed E-state index contributed by atoms with van der Waals surface area (Å²) in [5.74, 6) is 1.54. The van der Waals surface area contributed by atoms with Crippen LogP contribution in [0.4, 0.5) is 0 Å². The van der Waals surface area contributed by atoms with Gasteiger partial charge in [0.2, 0.25) is 5.88 Å². The Morgan fingerprint density at radius 2 is 1.79 bits per heavy atom. The Morgan fingerprint density at radius 1 is 0.917 bits per heavy atom. The summed E-state index contributed by atoms with van der Waals surface area (Å²) < 4.78 is 5.98. The van der Waals surface area contributed by atoms with Crippen molar-refractivity contribution < 1.29 is 4.74 Å². The molecule has 2 aromatic carbocycles. The fourth-order valence-corrected chi connectivity index (χ4v) is 3.28. The first-order valence-electron chi connectivity index (χ1n) is 7.14. The molecule has 0 aliphatic carbocycles. The van der Waals surface area contributed by atoms with Gasteiger partial charge in [-0.25, -0.2) is 4.98 Å². The standard InChI is InChI=1S/C18H10Cl2N2OS/c19-11-7-8-13(20)15(10-11)23-18-12-4-1-2-5-14(12)21-17(22-18)16-6-3-9-24-16/h1-10H. The van der Waals surface area contributed by atoms with Crippen molar-refractivity contribution in [1.29, 1.82) is 0 Å². The van der Waals surface area contributed by atoms with E-state index >= 15 is 0 Å². The number of hydrogen-bond acceptors (Lipinski definition) is 4. The molecule has 0 amide bonds. The SMILES string of the molecule is Clc1ccc(Cl)c(Oc2nc(-c3cccs3)nc3ccccc23)c1. The lowest BCUT2D eigenvalue weighted by Gasteiger charge is -2.11. The van der Waals surface area contributed by atoms with Gasteiger partial charge < -0.3 is 4.74 Å². The lowest BCUT2D eigenvalue weighted by atomic mass is 10.2. The number of nitrogens with zero attached hydrogens (tertiary/aromatic N) is 2. The van der Waals surface area contributed by atoms with Crippen LogP contribution in [0.1, 0.15) is 0 Å². The van der Waals surface area contributed by atoms with E-state index in [1.807, 2.05) is 41.8 Å². The topological polar surface area (TPSA) is 35.0 Å². The minimum absolute atomic E-state index is 0.452. The highest BCUT2D eigenvalue weighted by Crippen LogP contribution is 2.35. The summed E-state index contributed by atoms with van der Waals surface area (Å²) >= 11 is 13.8. The van der Waals surface area contributed by atoms with Crippen molar-refractivity contribution in [1.82, 2.24) is 9.97 Å². The molecule has 0 fully saturated rings. The molecule has 0 bridgehead atoms. The molecule has 24 heavy (non-hydrogen) atoms. The Morgan fingerprint density at radius 3 is 2.62 bits per heavy atom. The second kappa shape index (κ2) is 6.40. The molecule has 2 heterocycles. The van der Waals surface area contributed by atoms with Crippen molar-refractivity contribution >= 4 is 45.4 Å². The summed E-state index contributed by atoms with van der Waals surface area (Å²) in [4.78, 5) is 10.2. The Bertz CT molecular complexity index is 1020. The van der Waals surface area contributed by atoms with Gasteiger partial charge in [-0.3, -0.25) is 0 Å². The molecule has 2 aromatic heterocycles. The fourth-order valence-electron chi connectivity index (χ4n) is 2.30.